The van der Waals surface area contributed by atoms with Gasteiger partial charge in [-0.05, 0) is 43.4 Å². The van der Waals surface area contributed by atoms with Crippen LogP contribution in [0.15, 0.2) is 28.7 Å². The Labute approximate surface area is 146 Å². The molecule has 23 heavy (non-hydrogen) atoms. The first kappa shape index (κ1) is 18.0. The third-order valence-corrected chi connectivity index (χ3v) is 4.94. The van der Waals surface area contributed by atoms with E-state index >= 15 is 0 Å². The number of nitrogens with zero attached hydrogens (tertiary/aromatic N) is 1. The Morgan fingerprint density at radius 2 is 2.17 bits per heavy atom. The fourth-order valence-electron chi connectivity index (χ4n) is 2.88. The van der Waals surface area contributed by atoms with E-state index in [0.717, 1.165) is 16.5 Å². The van der Waals surface area contributed by atoms with Crippen molar-refractivity contribution < 1.29 is 9.59 Å². The molecule has 1 N–H and O–H groups in total. The number of nitrogens with one attached hydrogen (secondary N) is 1. The molecule has 0 bridgehead atoms. The van der Waals surface area contributed by atoms with Gasteiger partial charge in [0, 0.05) is 24.0 Å². The third kappa shape index (κ3) is 4.34. The molecule has 0 saturated carbocycles. The molecular weight excluding hydrogens is 356 g/mol. The van der Waals surface area contributed by atoms with Crippen molar-refractivity contribution >= 4 is 27.7 Å². The minimum atomic E-state index is -0.754. The summed E-state index contributed by atoms with van der Waals surface area (Å²) in [4.78, 5) is 26.7. The van der Waals surface area contributed by atoms with Crippen molar-refractivity contribution in [2.45, 2.75) is 52.1 Å². The summed E-state index contributed by atoms with van der Waals surface area (Å²) in [5, 5.41) is 3.00. The summed E-state index contributed by atoms with van der Waals surface area (Å²) in [6.07, 6.45) is 1.96. The number of rotatable bonds is 6. The average Bonchev–Trinajstić information content (AvgIpc) is 2.76. The van der Waals surface area contributed by atoms with E-state index in [-0.39, 0.29) is 11.8 Å². The number of carbonyl (C=O) groups is 2. The first-order valence-electron chi connectivity index (χ1n) is 8.16. The zero-order valence-corrected chi connectivity index (χ0v) is 15.6. The van der Waals surface area contributed by atoms with Gasteiger partial charge in [0.1, 0.15) is 5.54 Å². The van der Waals surface area contributed by atoms with Crippen LogP contribution in [-0.2, 0) is 16.1 Å². The molecule has 1 aliphatic heterocycles. The van der Waals surface area contributed by atoms with E-state index in [0.29, 0.717) is 31.8 Å². The van der Waals surface area contributed by atoms with Crippen LogP contribution in [0, 0.1) is 5.92 Å². The van der Waals surface area contributed by atoms with Gasteiger partial charge in [0.25, 0.3) is 0 Å². The van der Waals surface area contributed by atoms with Crippen LogP contribution in [0.5, 0.6) is 0 Å². The van der Waals surface area contributed by atoms with Crippen LogP contribution in [0.3, 0.4) is 0 Å². The van der Waals surface area contributed by atoms with Crippen molar-refractivity contribution in [2.75, 3.05) is 6.54 Å². The van der Waals surface area contributed by atoms with Crippen molar-refractivity contribution in [3.8, 4) is 0 Å². The first-order valence-corrected chi connectivity index (χ1v) is 8.95. The van der Waals surface area contributed by atoms with Crippen molar-refractivity contribution in [1.82, 2.24) is 10.2 Å². The van der Waals surface area contributed by atoms with Crippen LogP contribution in [-0.4, -0.2) is 28.8 Å². The summed E-state index contributed by atoms with van der Waals surface area (Å²) in [6.45, 7) is 7.26. The monoisotopic (exact) mass is 380 g/mol. The van der Waals surface area contributed by atoms with Crippen molar-refractivity contribution in [2.24, 2.45) is 5.92 Å². The van der Waals surface area contributed by atoms with Gasteiger partial charge in [0.2, 0.25) is 11.8 Å². The number of likely N-dealkylation sites (tertiary alicyclic amines) is 1. The van der Waals surface area contributed by atoms with E-state index in [1.54, 1.807) is 4.90 Å². The normalized spacial score (nSPS) is 21.1. The van der Waals surface area contributed by atoms with E-state index in [2.05, 4.69) is 35.1 Å². The van der Waals surface area contributed by atoms with Gasteiger partial charge in [-0.3, -0.25) is 9.59 Å². The summed E-state index contributed by atoms with van der Waals surface area (Å²) >= 11 is 3.45. The van der Waals surface area contributed by atoms with Gasteiger partial charge in [-0.1, -0.05) is 41.9 Å². The molecule has 126 valence electrons. The predicted octanol–water partition coefficient (Wildman–Crippen LogP) is 3.49. The summed E-state index contributed by atoms with van der Waals surface area (Å²) in [5.74, 6) is 0.552. The van der Waals surface area contributed by atoms with Crippen LogP contribution in [0.25, 0.3) is 0 Å². The molecule has 0 aromatic heterocycles. The maximum absolute atomic E-state index is 12.6. The number of carbonyl (C=O) groups excluding carboxylic acids is 2. The number of amides is 2. The van der Waals surface area contributed by atoms with Gasteiger partial charge in [-0.15, -0.1) is 0 Å². The number of halogens is 1. The molecule has 1 aromatic rings. The maximum Gasteiger partial charge on any atom is 0.245 e. The number of hydrogen-bond donors (Lipinski definition) is 1. The highest BCUT2D eigenvalue weighted by Crippen LogP contribution is 2.32. The minimum Gasteiger partial charge on any atom is -0.354 e. The van der Waals surface area contributed by atoms with Crippen LogP contribution in [0.2, 0.25) is 0 Å². The molecule has 1 saturated heterocycles. The van der Waals surface area contributed by atoms with E-state index in [1.807, 2.05) is 31.2 Å². The van der Waals surface area contributed by atoms with Gasteiger partial charge in [0.05, 0.1) is 0 Å². The second-order valence-electron chi connectivity index (χ2n) is 6.82. The summed E-state index contributed by atoms with van der Waals surface area (Å²) < 4.78 is 0.977. The highest BCUT2D eigenvalue weighted by Gasteiger charge is 2.46. The zero-order valence-electron chi connectivity index (χ0n) is 14.1. The van der Waals surface area contributed by atoms with E-state index in [1.165, 1.54) is 0 Å². The standard InChI is InChI=1S/C18H25BrN2O2/c1-13(2)8-10-20-17(23)18(3)9-7-16(22)21(18)12-14-5-4-6-15(19)11-14/h4-6,11,13H,7-10,12H2,1-3H3,(H,20,23)/t18-/m1/s1. The molecule has 1 aromatic carbocycles. The highest BCUT2D eigenvalue weighted by molar-refractivity contribution is 9.10. The summed E-state index contributed by atoms with van der Waals surface area (Å²) in [5.41, 5.74) is 0.270. The quantitative estimate of drug-likeness (QED) is 0.820. The minimum absolute atomic E-state index is 0.0426. The lowest BCUT2D eigenvalue weighted by Gasteiger charge is -2.34. The third-order valence-electron chi connectivity index (χ3n) is 4.45. The van der Waals surface area contributed by atoms with Crippen LogP contribution < -0.4 is 5.32 Å². The van der Waals surface area contributed by atoms with Crippen LogP contribution in [0.4, 0.5) is 0 Å². The van der Waals surface area contributed by atoms with Gasteiger partial charge in [-0.25, -0.2) is 0 Å². The Kier molecular flexibility index (Phi) is 5.84. The topological polar surface area (TPSA) is 49.4 Å². The predicted molar refractivity (Wildman–Crippen MR) is 94.8 cm³/mol. The zero-order chi connectivity index (χ0) is 17.0. The molecule has 1 fully saturated rings. The number of hydrogen-bond acceptors (Lipinski definition) is 2. The summed E-state index contributed by atoms with van der Waals surface area (Å²) in [6, 6.07) is 7.86. The molecule has 0 spiro atoms. The molecule has 2 rings (SSSR count). The first-order chi connectivity index (χ1) is 10.8. The van der Waals surface area contributed by atoms with E-state index in [9.17, 15) is 9.59 Å². The molecule has 1 atom stereocenters. The second-order valence-corrected chi connectivity index (χ2v) is 7.74. The van der Waals surface area contributed by atoms with Gasteiger partial charge >= 0.3 is 0 Å². The lowest BCUT2D eigenvalue weighted by Crippen LogP contribution is -2.54. The molecule has 0 aliphatic carbocycles. The molecule has 1 aliphatic rings. The Bertz CT molecular complexity index is 588. The molecule has 4 nitrogen and oxygen atoms in total. The molecule has 2 amide bonds. The Balaban J connectivity index is 2.09. The number of benzene rings is 1. The van der Waals surface area contributed by atoms with Crippen LogP contribution in [0.1, 0.15) is 45.6 Å². The van der Waals surface area contributed by atoms with Gasteiger partial charge in [-0.2, -0.15) is 0 Å². The fourth-order valence-corrected chi connectivity index (χ4v) is 3.32. The molecule has 0 unspecified atom stereocenters. The maximum atomic E-state index is 12.6. The van der Waals surface area contributed by atoms with Crippen molar-refractivity contribution in [1.29, 1.82) is 0 Å². The Morgan fingerprint density at radius 1 is 1.43 bits per heavy atom. The summed E-state index contributed by atoms with van der Waals surface area (Å²) in [7, 11) is 0. The highest BCUT2D eigenvalue weighted by atomic mass is 79.9. The fraction of sp³-hybridized carbons (Fsp3) is 0.556. The average molecular weight is 381 g/mol. The largest absolute Gasteiger partial charge is 0.354 e. The van der Waals surface area contributed by atoms with E-state index in [4.69, 9.17) is 0 Å². The van der Waals surface area contributed by atoms with Crippen molar-refractivity contribution in [3.05, 3.63) is 34.3 Å². The Hall–Kier alpha value is -1.36. The van der Waals surface area contributed by atoms with Crippen molar-refractivity contribution in [3.63, 3.8) is 0 Å². The lowest BCUT2D eigenvalue weighted by molar-refractivity contribution is -0.141. The molecular formula is C18H25BrN2O2. The Morgan fingerprint density at radius 3 is 2.83 bits per heavy atom. The van der Waals surface area contributed by atoms with E-state index < -0.39 is 5.54 Å². The second kappa shape index (κ2) is 7.47. The van der Waals surface area contributed by atoms with Gasteiger partial charge < -0.3 is 10.2 Å². The van der Waals surface area contributed by atoms with Crippen LogP contribution >= 0.6 is 15.9 Å². The lowest BCUT2D eigenvalue weighted by atomic mass is 9.97. The molecule has 0 radical (unpaired) electrons. The molecule has 1 heterocycles. The molecule has 5 heteroatoms. The smallest absolute Gasteiger partial charge is 0.245 e. The van der Waals surface area contributed by atoms with Gasteiger partial charge in [0.15, 0.2) is 0 Å². The SMILES string of the molecule is CC(C)CCNC(=O)[C@@]1(C)CCC(=O)N1Cc1cccc(Br)c1.